The molecule has 7 heteroatoms. The van der Waals surface area contributed by atoms with Crippen LogP contribution in [0.4, 0.5) is 16.3 Å². The molecule has 0 radical (unpaired) electrons. The van der Waals surface area contributed by atoms with Crippen LogP contribution in [-0.2, 0) is 4.74 Å². The minimum atomic E-state index is -0.616. The van der Waals surface area contributed by atoms with Gasteiger partial charge in [-0.3, -0.25) is 5.43 Å². The molecule has 0 aliphatic carbocycles. The molecule has 1 heterocycles. The first-order valence-electron chi connectivity index (χ1n) is 6.67. The maximum absolute atomic E-state index is 12.4. The summed E-state index contributed by atoms with van der Waals surface area (Å²) in [5.41, 5.74) is 2.88. The number of hydrogen-bond donors (Lipinski definition) is 1. The van der Waals surface area contributed by atoms with E-state index in [2.05, 4.69) is 15.4 Å². The number of benzene rings is 1. The van der Waals surface area contributed by atoms with Gasteiger partial charge in [0.15, 0.2) is 0 Å². The molecule has 0 bridgehead atoms. The lowest BCUT2D eigenvalue weighted by molar-refractivity contribution is 0.0589. The van der Waals surface area contributed by atoms with E-state index >= 15 is 0 Å². The van der Waals surface area contributed by atoms with Crippen molar-refractivity contribution >= 4 is 29.2 Å². The predicted molar refractivity (Wildman–Crippen MR) is 85.8 cm³/mol. The van der Waals surface area contributed by atoms with Gasteiger partial charge in [0.25, 0.3) is 0 Å². The molecule has 1 N–H and O–H groups in total. The number of hydrazine groups is 1. The maximum atomic E-state index is 12.4. The summed E-state index contributed by atoms with van der Waals surface area (Å²) in [7, 11) is 0. The highest BCUT2D eigenvalue weighted by atomic mass is 35.5. The number of ether oxygens (including phenoxy) is 1. The molecule has 0 aliphatic rings. The first-order valence-corrected chi connectivity index (χ1v) is 7.05. The normalized spacial score (nSPS) is 10.9. The van der Waals surface area contributed by atoms with Gasteiger partial charge in [0.1, 0.15) is 22.9 Å². The number of para-hydroxylation sites is 1. The zero-order valence-corrected chi connectivity index (χ0v) is 13.3. The SMILES string of the molecule is CC(C)(C)OC(=O)N(Nc1cc(Cl)ncn1)c1ccccc1. The average Bonchev–Trinajstić information content (AvgIpc) is 2.44. The first kappa shape index (κ1) is 16.0. The van der Waals surface area contributed by atoms with Gasteiger partial charge >= 0.3 is 6.09 Å². The summed E-state index contributed by atoms with van der Waals surface area (Å²) in [5, 5.41) is 1.54. The maximum Gasteiger partial charge on any atom is 0.434 e. The molecule has 1 aromatic carbocycles. The lowest BCUT2D eigenvalue weighted by Gasteiger charge is -2.27. The van der Waals surface area contributed by atoms with E-state index in [9.17, 15) is 4.79 Å². The Hall–Kier alpha value is -2.34. The Morgan fingerprint density at radius 3 is 2.50 bits per heavy atom. The number of nitrogens with zero attached hydrogens (tertiary/aromatic N) is 3. The molecular formula is C15H17ClN4O2. The summed E-state index contributed by atoms with van der Waals surface area (Å²) in [6.45, 7) is 5.40. The first-order chi connectivity index (χ1) is 10.3. The number of carbonyl (C=O) groups is 1. The van der Waals surface area contributed by atoms with Gasteiger partial charge in [-0.25, -0.2) is 14.8 Å². The molecule has 0 spiro atoms. The van der Waals surface area contributed by atoms with E-state index in [0.717, 1.165) is 0 Å². The van der Waals surface area contributed by atoms with Gasteiger partial charge < -0.3 is 4.74 Å². The molecule has 2 rings (SSSR count). The van der Waals surface area contributed by atoms with Crippen molar-refractivity contribution in [2.75, 3.05) is 10.4 Å². The summed E-state index contributed by atoms with van der Waals surface area (Å²) in [4.78, 5) is 20.2. The van der Waals surface area contributed by atoms with Crippen LogP contribution in [0.1, 0.15) is 20.8 Å². The van der Waals surface area contributed by atoms with Crippen LogP contribution >= 0.6 is 11.6 Å². The van der Waals surface area contributed by atoms with E-state index in [-0.39, 0.29) is 5.15 Å². The molecule has 0 atom stereocenters. The molecule has 0 aliphatic heterocycles. The Labute approximate surface area is 134 Å². The van der Waals surface area contributed by atoms with Crippen LogP contribution in [0.5, 0.6) is 0 Å². The van der Waals surface area contributed by atoms with Crippen molar-refractivity contribution in [2.45, 2.75) is 26.4 Å². The minimum absolute atomic E-state index is 0.273. The van der Waals surface area contributed by atoms with Crippen LogP contribution in [0.15, 0.2) is 42.7 Å². The van der Waals surface area contributed by atoms with Crippen LogP contribution in [0.3, 0.4) is 0 Å². The number of hydrogen-bond acceptors (Lipinski definition) is 5. The third kappa shape index (κ3) is 4.60. The number of amides is 1. The highest BCUT2D eigenvalue weighted by Gasteiger charge is 2.24. The van der Waals surface area contributed by atoms with E-state index in [1.807, 2.05) is 18.2 Å². The fraction of sp³-hybridized carbons (Fsp3) is 0.267. The number of halogens is 1. The Bertz CT molecular complexity index is 643. The topological polar surface area (TPSA) is 67.3 Å². The molecule has 0 saturated carbocycles. The van der Waals surface area contributed by atoms with Crippen LogP contribution in [0, 0.1) is 0 Å². The molecule has 1 aromatic heterocycles. The summed E-state index contributed by atoms with van der Waals surface area (Å²) in [6.07, 6.45) is 0.761. The second kappa shape index (κ2) is 6.62. The van der Waals surface area contributed by atoms with Crippen molar-refractivity contribution in [1.29, 1.82) is 0 Å². The van der Waals surface area contributed by atoms with E-state index in [4.69, 9.17) is 16.3 Å². The smallest absolute Gasteiger partial charge is 0.434 e. The summed E-state index contributed by atoms with van der Waals surface area (Å²) in [6, 6.07) is 10.6. The second-order valence-corrected chi connectivity index (χ2v) is 5.88. The van der Waals surface area contributed by atoms with Gasteiger partial charge in [-0.2, -0.15) is 5.01 Å². The lowest BCUT2D eigenvalue weighted by Crippen LogP contribution is -2.40. The van der Waals surface area contributed by atoms with Gasteiger partial charge in [0.05, 0.1) is 5.69 Å². The molecule has 0 saturated heterocycles. The van der Waals surface area contributed by atoms with Gasteiger partial charge in [-0.15, -0.1) is 0 Å². The zero-order valence-electron chi connectivity index (χ0n) is 12.6. The Morgan fingerprint density at radius 1 is 1.23 bits per heavy atom. The molecule has 2 aromatic rings. The van der Waals surface area contributed by atoms with Crippen molar-refractivity contribution in [3.8, 4) is 0 Å². The molecular weight excluding hydrogens is 304 g/mol. The zero-order chi connectivity index (χ0) is 16.2. The number of nitrogens with one attached hydrogen (secondary N) is 1. The fourth-order valence-corrected chi connectivity index (χ4v) is 1.76. The molecule has 22 heavy (non-hydrogen) atoms. The Morgan fingerprint density at radius 2 is 1.91 bits per heavy atom. The van der Waals surface area contributed by atoms with Crippen LogP contribution in [0.2, 0.25) is 5.15 Å². The fourth-order valence-electron chi connectivity index (χ4n) is 1.61. The van der Waals surface area contributed by atoms with Crippen LogP contribution in [0.25, 0.3) is 0 Å². The van der Waals surface area contributed by atoms with Crippen molar-refractivity contribution in [3.05, 3.63) is 47.9 Å². The third-order valence-corrected chi connectivity index (χ3v) is 2.66. The monoisotopic (exact) mass is 320 g/mol. The molecule has 116 valence electrons. The molecule has 0 unspecified atom stereocenters. The van der Waals surface area contributed by atoms with Crippen LogP contribution in [-0.4, -0.2) is 21.7 Å². The molecule has 1 amide bonds. The van der Waals surface area contributed by atoms with Gasteiger partial charge in [-0.1, -0.05) is 29.8 Å². The molecule has 0 fully saturated rings. The standard InChI is InChI=1S/C15H17ClN4O2/c1-15(2,3)22-14(21)20(11-7-5-4-6-8-11)19-13-9-12(16)17-10-18-13/h4-10H,1-3H3,(H,17,18,19). The van der Waals surface area contributed by atoms with E-state index in [1.165, 1.54) is 17.4 Å². The highest BCUT2D eigenvalue weighted by molar-refractivity contribution is 6.29. The van der Waals surface area contributed by atoms with Crippen molar-refractivity contribution < 1.29 is 9.53 Å². The third-order valence-electron chi connectivity index (χ3n) is 2.45. The van der Waals surface area contributed by atoms with E-state index in [0.29, 0.717) is 11.5 Å². The molecule has 6 nitrogen and oxygen atoms in total. The van der Waals surface area contributed by atoms with E-state index < -0.39 is 11.7 Å². The van der Waals surface area contributed by atoms with Gasteiger partial charge in [0.2, 0.25) is 0 Å². The van der Waals surface area contributed by atoms with Crippen molar-refractivity contribution in [3.63, 3.8) is 0 Å². The second-order valence-electron chi connectivity index (χ2n) is 5.49. The van der Waals surface area contributed by atoms with Gasteiger partial charge in [0, 0.05) is 6.07 Å². The number of rotatable bonds is 3. The minimum Gasteiger partial charge on any atom is -0.442 e. The van der Waals surface area contributed by atoms with E-state index in [1.54, 1.807) is 32.9 Å². The average molecular weight is 321 g/mol. The number of aromatic nitrogens is 2. The number of anilines is 2. The lowest BCUT2D eigenvalue weighted by atomic mass is 10.2. The number of carbonyl (C=O) groups excluding carboxylic acids is 1. The van der Waals surface area contributed by atoms with Gasteiger partial charge in [-0.05, 0) is 32.9 Å². The Kier molecular flexibility index (Phi) is 4.82. The van der Waals surface area contributed by atoms with Crippen molar-refractivity contribution in [1.82, 2.24) is 9.97 Å². The predicted octanol–water partition coefficient (Wildman–Crippen LogP) is 3.90. The summed E-state index contributed by atoms with van der Waals surface area (Å²) >= 11 is 5.83. The Balaban J connectivity index is 2.28. The summed E-state index contributed by atoms with van der Waals surface area (Å²) in [5.74, 6) is 0.384. The highest BCUT2D eigenvalue weighted by Crippen LogP contribution is 2.19. The van der Waals surface area contributed by atoms with Crippen molar-refractivity contribution in [2.24, 2.45) is 0 Å². The largest absolute Gasteiger partial charge is 0.442 e. The summed E-state index contributed by atoms with van der Waals surface area (Å²) < 4.78 is 5.40. The van der Waals surface area contributed by atoms with Crippen LogP contribution < -0.4 is 10.4 Å². The quantitative estimate of drug-likeness (QED) is 0.686.